The zero-order valence-corrected chi connectivity index (χ0v) is 9.94. The van der Waals surface area contributed by atoms with Crippen LogP contribution in [0.4, 0.5) is 0 Å². The van der Waals surface area contributed by atoms with E-state index >= 15 is 0 Å². The zero-order valence-electron chi connectivity index (χ0n) is 8.37. The van der Waals surface area contributed by atoms with E-state index in [1.807, 2.05) is 23.9 Å². The van der Waals surface area contributed by atoms with Crippen LogP contribution in [-0.2, 0) is 0 Å². The van der Waals surface area contributed by atoms with E-state index in [1.54, 1.807) is 0 Å². The highest BCUT2D eigenvalue weighted by molar-refractivity contribution is 7.99. The molecule has 0 bridgehead atoms. The van der Waals surface area contributed by atoms with E-state index in [2.05, 4.69) is 19.1 Å². The van der Waals surface area contributed by atoms with Crippen LogP contribution in [0.1, 0.15) is 24.2 Å². The first-order valence-corrected chi connectivity index (χ1v) is 6.27. The van der Waals surface area contributed by atoms with Crippen LogP contribution in [-0.4, -0.2) is 12.3 Å². The van der Waals surface area contributed by atoms with Gasteiger partial charge in [0.2, 0.25) is 0 Å². The molecule has 0 aliphatic carbocycles. The van der Waals surface area contributed by atoms with Gasteiger partial charge in [0.25, 0.3) is 0 Å². The number of hydrogen-bond acceptors (Lipinski definition) is 2. The van der Waals surface area contributed by atoms with Crippen LogP contribution in [0.15, 0.2) is 24.3 Å². The fourth-order valence-corrected chi connectivity index (χ4v) is 2.37. The highest BCUT2D eigenvalue weighted by Gasteiger charge is 2.08. The van der Waals surface area contributed by atoms with Gasteiger partial charge in [-0.15, -0.1) is 0 Å². The standard InChI is InChI=1S/C11H16ClNS/c1-2-7-14-11(8-13)9-3-5-10(12)6-4-9/h3-6,11H,2,7-8,13H2,1H3. The Balaban J connectivity index is 2.64. The largest absolute Gasteiger partial charge is 0.329 e. The number of nitrogens with two attached hydrogens (primary N) is 1. The fourth-order valence-electron chi connectivity index (χ4n) is 1.24. The summed E-state index contributed by atoms with van der Waals surface area (Å²) in [5.74, 6) is 1.16. The average molecular weight is 230 g/mol. The molecule has 0 aliphatic heterocycles. The lowest BCUT2D eigenvalue weighted by molar-refractivity contribution is 0.936. The van der Waals surface area contributed by atoms with Gasteiger partial charge in [-0.3, -0.25) is 0 Å². The van der Waals surface area contributed by atoms with E-state index in [4.69, 9.17) is 17.3 Å². The van der Waals surface area contributed by atoms with E-state index in [0.29, 0.717) is 11.8 Å². The lowest BCUT2D eigenvalue weighted by Crippen LogP contribution is -2.09. The molecule has 0 spiro atoms. The smallest absolute Gasteiger partial charge is 0.0419 e. The van der Waals surface area contributed by atoms with Crippen LogP contribution < -0.4 is 5.73 Å². The summed E-state index contributed by atoms with van der Waals surface area (Å²) in [6, 6.07) is 7.96. The second-order valence-corrected chi connectivity index (χ2v) is 4.89. The maximum atomic E-state index is 5.83. The Bertz CT molecular complexity index is 260. The fraction of sp³-hybridized carbons (Fsp3) is 0.455. The lowest BCUT2D eigenvalue weighted by Gasteiger charge is -2.14. The molecule has 78 valence electrons. The van der Waals surface area contributed by atoms with Crippen molar-refractivity contribution in [2.24, 2.45) is 5.73 Å². The third-order valence-corrected chi connectivity index (χ3v) is 3.74. The van der Waals surface area contributed by atoms with Crippen LogP contribution in [0, 0.1) is 0 Å². The third-order valence-electron chi connectivity index (χ3n) is 1.98. The van der Waals surface area contributed by atoms with E-state index < -0.39 is 0 Å². The van der Waals surface area contributed by atoms with Crippen LogP contribution in [0.25, 0.3) is 0 Å². The first-order chi connectivity index (χ1) is 6.77. The topological polar surface area (TPSA) is 26.0 Å². The molecule has 0 saturated heterocycles. The molecule has 1 aromatic carbocycles. The summed E-state index contributed by atoms with van der Waals surface area (Å²) in [7, 11) is 0. The van der Waals surface area contributed by atoms with Crippen molar-refractivity contribution in [1.82, 2.24) is 0 Å². The summed E-state index contributed by atoms with van der Waals surface area (Å²) in [6.07, 6.45) is 1.19. The van der Waals surface area contributed by atoms with Crippen LogP contribution in [0.5, 0.6) is 0 Å². The van der Waals surface area contributed by atoms with E-state index in [-0.39, 0.29) is 0 Å². The number of benzene rings is 1. The van der Waals surface area contributed by atoms with Gasteiger partial charge >= 0.3 is 0 Å². The monoisotopic (exact) mass is 229 g/mol. The zero-order chi connectivity index (χ0) is 10.4. The summed E-state index contributed by atoms with van der Waals surface area (Å²) >= 11 is 7.74. The molecule has 0 saturated carbocycles. The van der Waals surface area contributed by atoms with Gasteiger partial charge in [-0.25, -0.2) is 0 Å². The molecule has 0 amide bonds. The van der Waals surface area contributed by atoms with Crippen LogP contribution in [0.2, 0.25) is 5.02 Å². The minimum absolute atomic E-state index is 0.409. The molecule has 1 unspecified atom stereocenters. The summed E-state index contributed by atoms with van der Waals surface area (Å²) in [4.78, 5) is 0. The Hall–Kier alpha value is -0.180. The molecule has 0 heterocycles. The maximum absolute atomic E-state index is 5.83. The van der Waals surface area contributed by atoms with Crippen molar-refractivity contribution in [3.63, 3.8) is 0 Å². The molecule has 0 aromatic heterocycles. The Morgan fingerprint density at radius 2 is 2.00 bits per heavy atom. The number of hydrogen-bond donors (Lipinski definition) is 1. The minimum atomic E-state index is 0.409. The molecule has 0 radical (unpaired) electrons. The Morgan fingerprint density at radius 3 is 2.50 bits per heavy atom. The van der Waals surface area contributed by atoms with Gasteiger partial charge in [0.1, 0.15) is 0 Å². The Morgan fingerprint density at radius 1 is 1.36 bits per heavy atom. The van der Waals surface area contributed by atoms with E-state index in [1.165, 1.54) is 12.0 Å². The summed E-state index contributed by atoms with van der Waals surface area (Å²) in [5.41, 5.74) is 7.00. The van der Waals surface area contributed by atoms with Gasteiger partial charge < -0.3 is 5.73 Å². The molecule has 3 heteroatoms. The molecule has 1 rings (SSSR count). The van der Waals surface area contributed by atoms with Crippen molar-refractivity contribution >= 4 is 23.4 Å². The van der Waals surface area contributed by atoms with E-state index in [0.717, 1.165) is 10.8 Å². The van der Waals surface area contributed by atoms with Gasteiger partial charge in [-0.1, -0.05) is 30.7 Å². The first kappa shape index (κ1) is 11.9. The molecule has 1 aromatic rings. The molecule has 1 nitrogen and oxygen atoms in total. The molecule has 14 heavy (non-hydrogen) atoms. The molecule has 1 atom stereocenters. The number of halogens is 1. The maximum Gasteiger partial charge on any atom is 0.0419 e. The van der Waals surface area contributed by atoms with Crippen LogP contribution in [0.3, 0.4) is 0 Å². The molecular weight excluding hydrogens is 214 g/mol. The lowest BCUT2D eigenvalue weighted by atomic mass is 10.1. The number of rotatable bonds is 5. The summed E-state index contributed by atoms with van der Waals surface area (Å²) in [5, 5.41) is 1.19. The van der Waals surface area contributed by atoms with Crippen molar-refractivity contribution in [3.8, 4) is 0 Å². The Labute approximate surface area is 95.0 Å². The number of thioether (sulfide) groups is 1. The quantitative estimate of drug-likeness (QED) is 0.837. The average Bonchev–Trinajstić information content (AvgIpc) is 2.21. The Kier molecular flexibility index (Phi) is 5.38. The van der Waals surface area contributed by atoms with Crippen LogP contribution >= 0.6 is 23.4 Å². The highest BCUT2D eigenvalue weighted by atomic mass is 35.5. The van der Waals surface area contributed by atoms with Crippen molar-refractivity contribution in [1.29, 1.82) is 0 Å². The molecule has 0 aliphatic rings. The molecular formula is C11H16ClNS. The molecule has 0 fully saturated rings. The minimum Gasteiger partial charge on any atom is -0.329 e. The van der Waals surface area contributed by atoms with Crippen molar-refractivity contribution in [2.45, 2.75) is 18.6 Å². The summed E-state index contributed by atoms with van der Waals surface area (Å²) < 4.78 is 0. The van der Waals surface area contributed by atoms with Crippen molar-refractivity contribution < 1.29 is 0 Å². The molecule has 2 N–H and O–H groups in total. The second kappa shape index (κ2) is 6.33. The first-order valence-electron chi connectivity index (χ1n) is 4.85. The van der Waals surface area contributed by atoms with E-state index in [9.17, 15) is 0 Å². The van der Waals surface area contributed by atoms with Gasteiger partial charge in [0.05, 0.1) is 0 Å². The van der Waals surface area contributed by atoms with Gasteiger partial charge in [-0.05, 0) is 29.9 Å². The SMILES string of the molecule is CCCSC(CN)c1ccc(Cl)cc1. The predicted octanol–water partition coefficient (Wildman–Crippen LogP) is 3.48. The van der Waals surface area contributed by atoms with Crippen molar-refractivity contribution in [2.75, 3.05) is 12.3 Å². The van der Waals surface area contributed by atoms with Gasteiger partial charge in [0, 0.05) is 16.8 Å². The summed E-state index contributed by atoms with van der Waals surface area (Å²) in [6.45, 7) is 2.87. The van der Waals surface area contributed by atoms with Gasteiger partial charge in [-0.2, -0.15) is 11.8 Å². The highest BCUT2D eigenvalue weighted by Crippen LogP contribution is 2.28. The van der Waals surface area contributed by atoms with Crippen molar-refractivity contribution in [3.05, 3.63) is 34.9 Å². The third kappa shape index (κ3) is 3.52. The second-order valence-electron chi connectivity index (χ2n) is 3.15. The predicted molar refractivity (Wildman–Crippen MR) is 66.0 cm³/mol. The normalized spacial score (nSPS) is 12.8. The van der Waals surface area contributed by atoms with Gasteiger partial charge in [0.15, 0.2) is 0 Å².